The Bertz CT molecular complexity index is 720. The van der Waals surface area contributed by atoms with Gasteiger partial charge < -0.3 is 10.6 Å². The van der Waals surface area contributed by atoms with Gasteiger partial charge in [-0.3, -0.25) is 0 Å². The number of hydrogen-bond donors (Lipinski definition) is 2. The summed E-state index contributed by atoms with van der Waals surface area (Å²) in [7, 11) is 1.82. The lowest BCUT2D eigenvalue weighted by Crippen LogP contribution is -2.00. The van der Waals surface area contributed by atoms with Crippen molar-refractivity contribution < 1.29 is 0 Å². The Morgan fingerprint density at radius 1 is 1.16 bits per heavy atom. The summed E-state index contributed by atoms with van der Waals surface area (Å²) in [4.78, 5) is 9.90. The van der Waals surface area contributed by atoms with Crippen LogP contribution in [0.4, 0.5) is 17.5 Å². The second kappa shape index (κ2) is 4.85. The summed E-state index contributed by atoms with van der Waals surface area (Å²) in [6, 6.07) is 10.3. The highest BCUT2D eigenvalue weighted by molar-refractivity contribution is 7.16. The van der Waals surface area contributed by atoms with E-state index in [0.717, 1.165) is 21.7 Å². The van der Waals surface area contributed by atoms with Gasteiger partial charge in [-0.25, -0.2) is 4.98 Å². The fourth-order valence-corrected chi connectivity index (χ4v) is 2.69. The Morgan fingerprint density at radius 2 is 2.05 bits per heavy atom. The number of nitrogens with zero attached hydrogens (tertiary/aromatic N) is 2. The number of aryl methyl sites for hydroxylation is 1. The minimum Gasteiger partial charge on any atom is -0.357 e. The van der Waals surface area contributed by atoms with Crippen LogP contribution in [0.5, 0.6) is 0 Å². The van der Waals surface area contributed by atoms with E-state index in [1.807, 2.05) is 30.6 Å². The highest BCUT2D eigenvalue weighted by atomic mass is 32.1. The molecule has 4 nitrogen and oxygen atoms in total. The van der Waals surface area contributed by atoms with Crippen LogP contribution in [0.3, 0.4) is 0 Å². The van der Waals surface area contributed by atoms with E-state index in [2.05, 4.69) is 39.7 Å². The monoisotopic (exact) mass is 270 g/mol. The molecule has 2 aromatic heterocycles. The number of rotatable bonds is 3. The Morgan fingerprint density at radius 3 is 2.84 bits per heavy atom. The molecule has 3 rings (SSSR count). The van der Waals surface area contributed by atoms with Gasteiger partial charge in [0.25, 0.3) is 0 Å². The first-order valence-corrected chi connectivity index (χ1v) is 6.91. The van der Waals surface area contributed by atoms with Gasteiger partial charge in [0, 0.05) is 12.7 Å². The van der Waals surface area contributed by atoms with Crippen molar-refractivity contribution in [3.05, 3.63) is 41.3 Å². The third-order valence-corrected chi connectivity index (χ3v) is 3.64. The normalized spacial score (nSPS) is 10.6. The molecule has 19 heavy (non-hydrogen) atoms. The number of aromatic nitrogens is 2. The van der Waals surface area contributed by atoms with Crippen LogP contribution in [-0.2, 0) is 0 Å². The largest absolute Gasteiger partial charge is 0.357 e. The van der Waals surface area contributed by atoms with E-state index < -0.39 is 0 Å². The Labute approximate surface area is 115 Å². The second-order valence-corrected chi connectivity index (χ2v) is 5.17. The summed E-state index contributed by atoms with van der Waals surface area (Å²) in [5, 5.41) is 9.43. The zero-order valence-electron chi connectivity index (χ0n) is 10.8. The van der Waals surface area contributed by atoms with E-state index in [1.165, 1.54) is 5.56 Å². The van der Waals surface area contributed by atoms with Crippen molar-refractivity contribution in [1.29, 1.82) is 0 Å². The molecule has 0 aliphatic carbocycles. The number of anilines is 3. The molecule has 0 aliphatic rings. The predicted octanol–water partition coefficient (Wildman–Crippen LogP) is 3.79. The van der Waals surface area contributed by atoms with E-state index >= 15 is 0 Å². The molecule has 0 amide bonds. The third kappa shape index (κ3) is 2.37. The summed E-state index contributed by atoms with van der Waals surface area (Å²) < 4.78 is 0. The van der Waals surface area contributed by atoms with Crippen molar-refractivity contribution in [3.63, 3.8) is 0 Å². The summed E-state index contributed by atoms with van der Waals surface area (Å²) >= 11 is 1.61. The van der Waals surface area contributed by atoms with Gasteiger partial charge in [-0.15, -0.1) is 11.3 Å². The molecule has 2 N–H and O–H groups in total. The van der Waals surface area contributed by atoms with Crippen molar-refractivity contribution in [2.24, 2.45) is 0 Å². The number of nitrogens with one attached hydrogen (secondary N) is 2. The van der Waals surface area contributed by atoms with E-state index in [4.69, 9.17) is 0 Å². The summed E-state index contributed by atoms with van der Waals surface area (Å²) in [6.45, 7) is 2.07. The fraction of sp³-hybridized carbons (Fsp3) is 0.143. The molecule has 5 heteroatoms. The maximum absolute atomic E-state index is 4.49. The average molecular weight is 270 g/mol. The van der Waals surface area contributed by atoms with Crippen LogP contribution in [0.15, 0.2) is 35.7 Å². The first-order valence-electron chi connectivity index (χ1n) is 6.03. The lowest BCUT2D eigenvalue weighted by atomic mass is 10.2. The van der Waals surface area contributed by atoms with Gasteiger partial charge in [0.2, 0.25) is 5.95 Å². The molecule has 2 heterocycles. The maximum Gasteiger partial charge on any atom is 0.225 e. The molecule has 96 valence electrons. The van der Waals surface area contributed by atoms with Crippen LogP contribution in [-0.4, -0.2) is 17.0 Å². The van der Waals surface area contributed by atoms with Crippen LogP contribution in [0.1, 0.15) is 5.56 Å². The topological polar surface area (TPSA) is 49.8 Å². The predicted molar refractivity (Wildman–Crippen MR) is 81.4 cm³/mol. The first kappa shape index (κ1) is 11.9. The number of hydrogen-bond acceptors (Lipinski definition) is 5. The molecule has 1 aromatic carbocycles. The third-order valence-electron chi connectivity index (χ3n) is 2.83. The van der Waals surface area contributed by atoms with Crippen LogP contribution in [0.2, 0.25) is 0 Å². The number of fused-ring (bicyclic) bond motifs is 1. The molecule has 0 saturated carbocycles. The second-order valence-electron chi connectivity index (χ2n) is 4.28. The van der Waals surface area contributed by atoms with Crippen molar-refractivity contribution in [3.8, 4) is 0 Å². The zero-order valence-corrected chi connectivity index (χ0v) is 11.6. The van der Waals surface area contributed by atoms with E-state index in [1.54, 1.807) is 11.3 Å². The summed E-state index contributed by atoms with van der Waals surface area (Å²) in [6.07, 6.45) is 0. The first-order chi connectivity index (χ1) is 9.26. The molecule has 0 atom stereocenters. The fourth-order valence-electron chi connectivity index (χ4n) is 1.92. The highest BCUT2D eigenvalue weighted by Gasteiger charge is 2.08. The maximum atomic E-state index is 4.49. The van der Waals surface area contributed by atoms with Gasteiger partial charge >= 0.3 is 0 Å². The van der Waals surface area contributed by atoms with Crippen molar-refractivity contribution in [2.45, 2.75) is 6.92 Å². The highest BCUT2D eigenvalue weighted by Crippen LogP contribution is 2.28. The van der Waals surface area contributed by atoms with Gasteiger partial charge in [-0.1, -0.05) is 12.1 Å². The molecule has 0 fully saturated rings. The lowest BCUT2D eigenvalue weighted by molar-refractivity contribution is 1.20. The molecule has 0 unspecified atom stereocenters. The molecule has 0 spiro atoms. The van der Waals surface area contributed by atoms with Gasteiger partial charge in [0.05, 0.1) is 5.39 Å². The van der Waals surface area contributed by atoms with Crippen LogP contribution in [0, 0.1) is 6.92 Å². The summed E-state index contributed by atoms with van der Waals surface area (Å²) in [5.41, 5.74) is 2.25. The van der Waals surface area contributed by atoms with Gasteiger partial charge in [0.1, 0.15) is 10.6 Å². The van der Waals surface area contributed by atoms with Crippen molar-refractivity contribution in [1.82, 2.24) is 9.97 Å². The number of thiophene rings is 1. The standard InChI is InChI=1S/C14H14N4S/c1-9-4-3-5-10(8-9)16-12-11-6-7-19-13(11)18-14(15-2)17-12/h3-8H,1-2H3,(H2,15,16,17,18). The molecule has 0 saturated heterocycles. The molecular formula is C14H14N4S. The molecule has 3 aromatic rings. The lowest BCUT2D eigenvalue weighted by Gasteiger charge is -2.09. The smallest absolute Gasteiger partial charge is 0.225 e. The number of benzene rings is 1. The zero-order chi connectivity index (χ0) is 13.2. The Kier molecular flexibility index (Phi) is 3.05. The van der Waals surface area contributed by atoms with E-state index in [9.17, 15) is 0 Å². The van der Waals surface area contributed by atoms with E-state index in [0.29, 0.717) is 5.95 Å². The summed E-state index contributed by atoms with van der Waals surface area (Å²) in [5.74, 6) is 1.46. The van der Waals surface area contributed by atoms with Crippen LogP contribution < -0.4 is 10.6 Å². The Hall–Kier alpha value is -2.14. The minimum absolute atomic E-state index is 0.630. The quantitative estimate of drug-likeness (QED) is 0.760. The molecule has 0 bridgehead atoms. The molecule has 0 radical (unpaired) electrons. The van der Waals surface area contributed by atoms with Crippen LogP contribution >= 0.6 is 11.3 Å². The van der Waals surface area contributed by atoms with Crippen molar-refractivity contribution in [2.75, 3.05) is 17.7 Å². The molecule has 0 aliphatic heterocycles. The SMILES string of the molecule is CNc1nc(Nc2cccc(C)c2)c2ccsc2n1. The van der Waals surface area contributed by atoms with Gasteiger partial charge in [-0.2, -0.15) is 4.98 Å². The van der Waals surface area contributed by atoms with Crippen LogP contribution in [0.25, 0.3) is 10.2 Å². The molecular weight excluding hydrogens is 256 g/mol. The average Bonchev–Trinajstić information content (AvgIpc) is 2.87. The van der Waals surface area contributed by atoms with Gasteiger partial charge in [-0.05, 0) is 36.1 Å². The van der Waals surface area contributed by atoms with Crippen molar-refractivity contribution >= 4 is 39.0 Å². The Balaban J connectivity index is 2.06. The van der Waals surface area contributed by atoms with Gasteiger partial charge in [0.15, 0.2) is 0 Å². The minimum atomic E-state index is 0.630. The van der Waals surface area contributed by atoms with E-state index in [-0.39, 0.29) is 0 Å².